The van der Waals surface area contributed by atoms with E-state index < -0.39 is 0 Å². The van der Waals surface area contributed by atoms with Crippen LogP contribution in [0.4, 0.5) is 0 Å². The molecule has 0 spiro atoms. The Balaban J connectivity index is 2.76. The van der Waals surface area contributed by atoms with Crippen LogP contribution in [0.2, 0.25) is 0 Å². The number of fused-ring (bicyclic) bond motifs is 1. The second-order valence-electron chi connectivity index (χ2n) is 3.18. The number of H-pyrrole nitrogens is 1. The molecule has 0 atom stereocenters. The second kappa shape index (κ2) is 2.69. The summed E-state index contributed by atoms with van der Waals surface area (Å²) in [6.45, 7) is 4.01. The van der Waals surface area contributed by atoms with Crippen LogP contribution >= 0.6 is 0 Å². The lowest BCUT2D eigenvalue weighted by molar-refractivity contribution is 0.758. The van der Waals surface area contributed by atoms with Crippen LogP contribution in [0.15, 0.2) is 17.1 Å². The van der Waals surface area contributed by atoms with Crippen molar-refractivity contribution < 1.29 is 0 Å². The van der Waals surface area contributed by atoms with E-state index in [2.05, 4.69) is 15.1 Å². The van der Waals surface area contributed by atoms with E-state index in [1.807, 2.05) is 13.8 Å². The van der Waals surface area contributed by atoms with Gasteiger partial charge in [-0.1, -0.05) is 13.8 Å². The van der Waals surface area contributed by atoms with Crippen LogP contribution in [-0.4, -0.2) is 19.6 Å². The molecular formula is C8H10N4O. The van der Waals surface area contributed by atoms with Crippen LogP contribution in [0.1, 0.15) is 25.6 Å². The minimum Gasteiger partial charge on any atom is -0.275 e. The fraction of sp³-hybridized carbons (Fsp3) is 0.375. The number of rotatable bonds is 1. The molecule has 0 fully saturated rings. The zero-order chi connectivity index (χ0) is 9.42. The molecule has 5 nitrogen and oxygen atoms in total. The normalized spacial score (nSPS) is 11.3. The number of aromatic nitrogens is 4. The second-order valence-corrected chi connectivity index (χ2v) is 3.18. The highest BCUT2D eigenvalue weighted by molar-refractivity contribution is 5.25. The summed E-state index contributed by atoms with van der Waals surface area (Å²) in [5.41, 5.74) is -0.135. The van der Waals surface area contributed by atoms with E-state index in [1.165, 1.54) is 16.8 Å². The number of hydrogen-bond acceptors (Lipinski definition) is 3. The number of nitrogens with zero attached hydrogens (tertiary/aromatic N) is 3. The Hall–Kier alpha value is -1.65. The van der Waals surface area contributed by atoms with E-state index in [-0.39, 0.29) is 11.5 Å². The van der Waals surface area contributed by atoms with Gasteiger partial charge < -0.3 is 0 Å². The summed E-state index contributed by atoms with van der Waals surface area (Å²) in [5.74, 6) is 1.47. The summed E-state index contributed by atoms with van der Waals surface area (Å²) in [5, 5.41) is 2.89. The molecule has 0 amide bonds. The molecule has 2 heterocycles. The first kappa shape index (κ1) is 7.97. The Morgan fingerprint density at radius 1 is 1.54 bits per heavy atom. The summed E-state index contributed by atoms with van der Waals surface area (Å²) in [4.78, 5) is 19.4. The monoisotopic (exact) mass is 178 g/mol. The first-order valence-electron chi connectivity index (χ1n) is 4.12. The van der Waals surface area contributed by atoms with E-state index in [0.29, 0.717) is 5.78 Å². The van der Waals surface area contributed by atoms with Gasteiger partial charge in [-0.25, -0.2) is 4.98 Å². The van der Waals surface area contributed by atoms with Gasteiger partial charge in [0.05, 0.1) is 0 Å². The van der Waals surface area contributed by atoms with Gasteiger partial charge in [0.2, 0.25) is 0 Å². The van der Waals surface area contributed by atoms with E-state index >= 15 is 0 Å². The molecule has 0 aliphatic rings. The van der Waals surface area contributed by atoms with Gasteiger partial charge in [0, 0.05) is 18.2 Å². The first-order chi connectivity index (χ1) is 6.18. The van der Waals surface area contributed by atoms with Crippen molar-refractivity contribution in [3.63, 3.8) is 0 Å². The van der Waals surface area contributed by atoms with E-state index in [4.69, 9.17) is 0 Å². The van der Waals surface area contributed by atoms with Crippen molar-refractivity contribution in [1.29, 1.82) is 0 Å². The van der Waals surface area contributed by atoms with Crippen LogP contribution in [0.5, 0.6) is 0 Å². The van der Waals surface area contributed by atoms with Crippen LogP contribution in [0.25, 0.3) is 5.78 Å². The van der Waals surface area contributed by atoms with Crippen LogP contribution < -0.4 is 5.56 Å². The van der Waals surface area contributed by atoms with E-state index in [0.717, 1.165) is 5.82 Å². The zero-order valence-electron chi connectivity index (χ0n) is 7.48. The van der Waals surface area contributed by atoms with Crippen LogP contribution in [0.3, 0.4) is 0 Å². The lowest BCUT2D eigenvalue weighted by Gasteiger charge is -1.94. The molecule has 0 aromatic carbocycles. The lowest BCUT2D eigenvalue weighted by Crippen LogP contribution is -2.12. The molecule has 0 bridgehead atoms. The summed E-state index contributed by atoms with van der Waals surface area (Å²) in [7, 11) is 0. The van der Waals surface area contributed by atoms with Gasteiger partial charge in [-0.05, 0) is 0 Å². The largest absolute Gasteiger partial charge is 0.275 e. The van der Waals surface area contributed by atoms with Gasteiger partial charge in [-0.3, -0.25) is 9.89 Å². The van der Waals surface area contributed by atoms with Gasteiger partial charge in [-0.15, -0.1) is 0 Å². The smallest absolute Gasteiger partial charge is 0.273 e. The average molecular weight is 178 g/mol. The zero-order valence-corrected chi connectivity index (χ0v) is 7.48. The van der Waals surface area contributed by atoms with Crippen molar-refractivity contribution in [2.45, 2.75) is 19.8 Å². The summed E-state index contributed by atoms with van der Waals surface area (Å²) in [6, 6.07) is 1.40. The van der Waals surface area contributed by atoms with Gasteiger partial charge in [0.15, 0.2) is 0 Å². The molecule has 2 aromatic heterocycles. The minimum absolute atomic E-state index is 0.135. The van der Waals surface area contributed by atoms with Crippen molar-refractivity contribution in [1.82, 2.24) is 19.6 Å². The Morgan fingerprint density at radius 3 is 2.92 bits per heavy atom. The standard InChI is InChI=1S/C8H10N4O/c1-5(2)7-10-8-9-4-3-6(13)12(8)11-7/h3-5H,1-2H3,(H,9,10,11). The van der Waals surface area contributed by atoms with Crippen molar-refractivity contribution in [3.8, 4) is 0 Å². The highest BCUT2D eigenvalue weighted by atomic mass is 16.1. The van der Waals surface area contributed by atoms with Gasteiger partial charge >= 0.3 is 0 Å². The molecule has 2 aromatic rings. The molecule has 0 aliphatic heterocycles. The highest BCUT2D eigenvalue weighted by Crippen LogP contribution is 2.07. The lowest BCUT2D eigenvalue weighted by atomic mass is 10.2. The van der Waals surface area contributed by atoms with Crippen LogP contribution in [-0.2, 0) is 0 Å². The number of hydrogen-bond donors (Lipinski definition) is 1. The Labute approximate surface area is 74.4 Å². The third kappa shape index (κ3) is 1.22. The minimum atomic E-state index is -0.135. The topological polar surface area (TPSA) is 63.1 Å². The van der Waals surface area contributed by atoms with Crippen molar-refractivity contribution in [2.24, 2.45) is 0 Å². The molecule has 0 saturated carbocycles. The van der Waals surface area contributed by atoms with Crippen molar-refractivity contribution in [3.05, 3.63) is 28.4 Å². The predicted octanol–water partition coefficient (Wildman–Crippen LogP) is 0.541. The van der Waals surface area contributed by atoms with Gasteiger partial charge in [0.25, 0.3) is 11.3 Å². The molecule has 0 radical (unpaired) electrons. The summed E-state index contributed by atoms with van der Waals surface area (Å²) in [6.07, 6.45) is 1.46. The molecular weight excluding hydrogens is 168 g/mol. The Kier molecular flexibility index (Phi) is 1.65. The Morgan fingerprint density at radius 2 is 2.31 bits per heavy atom. The SMILES string of the molecule is CC(C)c1nc2nccc(=O)n2[nH]1. The molecule has 68 valence electrons. The maximum absolute atomic E-state index is 11.3. The average Bonchev–Trinajstić information content (AvgIpc) is 2.49. The van der Waals surface area contributed by atoms with E-state index in [9.17, 15) is 4.79 Å². The van der Waals surface area contributed by atoms with Gasteiger partial charge in [-0.2, -0.15) is 9.50 Å². The molecule has 0 unspecified atom stereocenters. The molecule has 0 saturated heterocycles. The Bertz CT molecular complexity index is 482. The molecule has 2 rings (SSSR count). The fourth-order valence-corrected chi connectivity index (χ4v) is 1.09. The summed E-state index contributed by atoms with van der Waals surface area (Å²) >= 11 is 0. The van der Waals surface area contributed by atoms with Gasteiger partial charge in [0.1, 0.15) is 5.82 Å². The molecule has 5 heteroatoms. The van der Waals surface area contributed by atoms with Crippen molar-refractivity contribution in [2.75, 3.05) is 0 Å². The maximum Gasteiger partial charge on any atom is 0.273 e. The fourth-order valence-electron chi connectivity index (χ4n) is 1.09. The maximum atomic E-state index is 11.3. The molecule has 1 N–H and O–H groups in total. The first-order valence-corrected chi connectivity index (χ1v) is 4.12. The van der Waals surface area contributed by atoms with E-state index in [1.54, 1.807) is 0 Å². The third-order valence-electron chi connectivity index (χ3n) is 1.82. The molecule has 13 heavy (non-hydrogen) atoms. The van der Waals surface area contributed by atoms with Crippen LogP contribution in [0, 0.1) is 0 Å². The predicted molar refractivity (Wildman–Crippen MR) is 47.7 cm³/mol. The highest BCUT2D eigenvalue weighted by Gasteiger charge is 2.06. The summed E-state index contributed by atoms with van der Waals surface area (Å²) < 4.78 is 1.34. The number of aromatic amines is 1. The quantitative estimate of drug-likeness (QED) is 0.693. The van der Waals surface area contributed by atoms with Crippen molar-refractivity contribution >= 4 is 5.78 Å². The third-order valence-corrected chi connectivity index (χ3v) is 1.82. The number of nitrogens with one attached hydrogen (secondary N) is 1. The molecule has 0 aliphatic carbocycles.